The van der Waals surface area contributed by atoms with E-state index in [9.17, 15) is 5.11 Å². The van der Waals surface area contributed by atoms with Crippen LogP contribution in [0.5, 0.6) is 0 Å². The second kappa shape index (κ2) is 5.71. The molecule has 1 aliphatic carbocycles. The summed E-state index contributed by atoms with van der Waals surface area (Å²) >= 11 is 3.47. The smallest absolute Gasteiger partial charge is 0.104 e. The van der Waals surface area contributed by atoms with Gasteiger partial charge in [-0.05, 0) is 72.6 Å². The lowest BCUT2D eigenvalue weighted by molar-refractivity contribution is 0.219. The molecule has 1 nitrogen and oxygen atoms in total. The van der Waals surface area contributed by atoms with Crippen LogP contribution in [0.3, 0.4) is 0 Å². The molecule has 0 bridgehead atoms. The van der Waals surface area contributed by atoms with Gasteiger partial charge >= 0.3 is 0 Å². The first-order valence-electron chi connectivity index (χ1n) is 7.21. The van der Waals surface area contributed by atoms with Gasteiger partial charge in [-0.15, -0.1) is 0 Å². The number of aliphatic hydroxyl groups excluding tert-OH is 1. The van der Waals surface area contributed by atoms with Crippen LogP contribution in [0.1, 0.15) is 46.8 Å². The van der Waals surface area contributed by atoms with Crippen LogP contribution in [0.25, 0.3) is 0 Å². The van der Waals surface area contributed by atoms with Gasteiger partial charge in [0.05, 0.1) is 0 Å². The first-order chi connectivity index (χ1) is 9.65. The van der Waals surface area contributed by atoms with E-state index in [0.29, 0.717) is 0 Å². The second-order valence-corrected chi connectivity index (χ2v) is 6.55. The Labute approximate surface area is 128 Å². The van der Waals surface area contributed by atoms with Crippen molar-refractivity contribution in [2.24, 2.45) is 0 Å². The van der Waals surface area contributed by atoms with Crippen LogP contribution in [0.15, 0.2) is 40.9 Å². The Balaban J connectivity index is 1.95. The Morgan fingerprint density at radius 3 is 2.50 bits per heavy atom. The van der Waals surface area contributed by atoms with Gasteiger partial charge in [-0.2, -0.15) is 0 Å². The summed E-state index contributed by atoms with van der Waals surface area (Å²) < 4.78 is 1.05. The lowest BCUT2D eigenvalue weighted by atomic mass is 9.88. The van der Waals surface area contributed by atoms with Gasteiger partial charge in [0.15, 0.2) is 0 Å². The van der Waals surface area contributed by atoms with Crippen LogP contribution < -0.4 is 0 Å². The van der Waals surface area contributed by atoms with E-state index in [4.69, 9.17) is 0 Å². The lowest BCUT2D eigenvalue weighted by Crippen LogP contribution is -2.07. The summed E-state index contributed by atoms with van der Waals surface area (Å²) in [6.45, 7) is 2.04. The van der Waals surface area contributed by atoms with Crippen LogP contribution in [0.4, 0.5) is 0 Å². The molecule has 0 amide bonds. The summed E-state index contributed by atoms with van der Waals surface area (Å²) in [5, 5.41) is 10.6. The summed E-state index contributed by atoms with van der Waals surface area (Å²) in [5.74, 6) is 0. The van der Waals surface area contributed by atoms with Gasteiger partial charge in [0.1, 0.15) is 6.10 Å². The van der Waals surface area contributed by atoms with Gasteiger partial charge in [-0.3, -0.25) is 0 Å². The highest BCUT2D eigenvalue weighted by Gasteiger charge is 2.16. The van der Waals surface area contributed by atoms with Crippen LogP contribution >= 0.6 is 15.9 Å². The maximum Gasteiger partial charge on any atom is 0.104 e. The van der Waals surface area contributed by atoms with Crippen LogP contribution in [0, 0.1) is 6.92 Å². The molecule has 104 valence electrons. The number of benzene rings is 2. The van der Waals surface area contributed by atoms with Gasteiger partial charge < -0.3 is 5.11 Å². The highest BCUT2D eigenvalue weighted by atomic mass is 79.9. The number of hydrogen-bond acceptors (Lipinski definition) is 1. The fourth-order valence-corrected chi connectivity index (χ4v) is 3.52. The van der Waals surface area contributed by atoms with Crippen molar-refractivity contribution < 1.29 is 5.11 Å². The fraction of sp³-hybridized carbons (Fsp3) is 0.333. The fourth-order valence-electron chi connectivity index (χ4n) is 3.05. The Bertz CT molecular complexity index is 633. The van der Waals surface area contributed by atoms with Crippen molar-refractivity contribution in [3.05, 3.63) is 68.7 Å². The van der Waals surface area contributed by atoms with E-state index in [0.717, 1.165) is 27.6 Å². The first kappa shape index (κ1) is 13.8. The zero-order valence-electron chi connectivity index (χ0n) is 11.7. The Morgan fingerprint density at radius 2 is 1.75 bits per heavy atom. The van der Waals surface area contributed by atoms with E-state index >= 15 is 0 Å². The normalized spacial score (nSPS) is 15.8. The van der Waals surface area contributed by atoms with Crippen molar-refractivity contribution in [1.29, 1.82) is 0 Å². The zero-order chi connectivity index (χ0) is 14.1. The summed E-state index contributed by atoms with van der Waals surface area (Å²) in [5.41, 5.74) is 5.99. The van der Waals surface area contributed by atoms with Gasteiger partial charge in [0.2, 0.25) is 0 Å². The van der Waals surface area contributed by atoms with E-state index in [-0.39, 0.29) is 0 Å². The monoisotopic (exact) mass is 330 g/mol. The SMILES string of the molecule is Cc1cc(Br)ccc1C(O)c1ccc2c(c1)CCCC2. The average molecular weight is 331 g/mol. The summed E-state index contributed by atoms with van der Waals surface area (Å²) in [6, 6.07) is 12.5. The average Bonchev–Trinajstić information content (AvgIpc) is 2.46. The van der Waals surface area contributed by atoms with E-state index in [1.807, 2.05) is 19.1 Å². The first-order valence-corrected chi connectivity index (χ1v) is 8.00. The van der Waals surface area contributed by atoms with E-state index in [2.05, 4.69) is 40.2 Å². The Hall–Kier alpha value is -1.12. The molecule has 0 saturated heterocycles. The van der Waals surface area contributed by atoms with E-state index < -0.39 is 6.10 Å². The highest BCUT2D eigenvalue weighted by Crippen LogP contribution is 2.30. The van der Waals surface area contributed by atoms with Crippen molar-refractivity contribution in [2.75, 3.05) is 0 Å². The minimum absolute atomic E-state index is 0.532. The van der Waals surface area contributed by atoms with E-state index in [1.165, 1.54) is 30.4 Å². The van der Waals surface area contributed by atoms with Crippen molar-refractivity contribution in [2.45, 2.75) is 38.7 Å². The minimum Gasteiger partial charge on any atom is -0.384 e. The van der Waals surface area contributed by atoms with Gasteiger partial charge in [-0.25, -0.2) is 0 Å². The molecule has 0 heterocycles. The molecule has 0 fully saturated rings. The minimum atomic E-state index is -0.532. The maximum absolute atomic E-state index is 10.6. The zero-order valence-corrected chi connectivity index (χ0v) is 13.3. The van der Waals surface area contributed by atoms with Gasteiger partial charge in [0, 0.05) is 4.47 Å². The van der Waals surface area contributed by atoms with Crippen LogP contribution in [0.2, 0.25) is 0 Å². The van der Waals surface area contributed by atoms with Crippen LogP contribution in [-0.2, 0) is 12.8 Å². The molecule has 0 radical (unpaired) electrons. The molecule has 0 spiro atoms. The van der Waals surface area contributed by atoms with Crippen LogP contribution in [-0.4, -0.2) is 5.11 Å². The van der Waals surface area contributed by atoms with E-state index in [1.54, 1.807) is 0 Å². The summed E-state index contributed by atoms with van der Waals surface area (Å²) in [7, 11) is 0. The molecule has 2 aromatic rings. The molecule has 2 aromatic carbocycles. The molecule has 1 aliphatic rings. The standard InChI is InChI=1S/C18H19BrO/c1-12-10-16(19)8-9-17(12)18(20)15-7-6-13-4-2-3-5-14(13)11-15/h6-11,18,20H,2-5H2,1H3. The number of rotatable bonds is 2. The topological polar surface area (TPSA) is 20.2 Å². The molecule has 0 saturated carbocycles. The van der Waals surface area contributed by atoms with Crippen molar-refractivity contribution in [3.63, 3.8) is 0 Å². The number of hydrogen-bond donors (Lipinski definition) is 1. The van der Waals surface area contributed by atoms with Crippen molar-refractivity contribution in [3.8, 4) is 0 Å². The number of halogens is 1. The van der Waals surface area contributed by atoms with Crippen molar-refractivity contribution >= 4 is 15.9 Å². The number of aryl methyl sites for hydroxylation is 3. The molecule has 1 unspecified atom stereocenters. The van der Waals surface area contributed by atoms with Gasteiger partial charge in [-0.1, -0.05) is 40.2 Å². The third-order valence-electron chi connectivity index (χ3n) is 4.21. The molecule has 2 heteroatoms. The predicted octanol–water partition coefficient (Wildman–Crippen LogP) is 4.72. The molecule has 0 aliphatic heterocycles. The largest absolute Gasteiger partial charge is 0.384 e. The predicted molar refractivity (Wildman–Crippen MR) is 86.0 cm³/mol. The molecule has 3 rings (SSSR count). The van der Waals surface area contributed by atoms with Gasteiger partial charge in [0.25, 0.3) is 0 Å². The lowest BCUT2D eigenvalue weighted by Gasteiger charge is -2.20. The third kappa shape index (κ3) is 2.68. The number of fused-ring (bicyclic) bond motifs is 1. The Kier molecular flexibility index (Phi) is 3.95. The maximum atomic E-state index is 10.6. The second-order valence-electron chi connectivity index (χ2n) is 5.64. The molecule has 20 heavy (non-hydrogen) atoms. The molecule has 1 atom stereocenters. The summed E-state index contributed by atoms with van der Waals surface area (Å²) in [4.78, 5) is 0. The number of aliphatic hydroxyl groups is 1. The molecule has 1 N–H and O–H groups in total. The Morgan fingerprint density at radius 1 is 1.00 bits per heavy atom. The third-order valence-corrected chi connectivity index (χ3v) is 4.71. The summed E-state index contributed by atoms with van der Waals surface area (Å²) in [6.07, 6.45) is 4.36. The molecular weight excluding hydrogens is 312 g/mol. The molecule has 0 aromatic heterocycles. The highest BCUT2D eigenvalue weighted by molar-refractivity contribution is 9.10. The molecular formula is C18H19BrO. The quantitative estimate of drug-likeness (QED) is 0.844. The van der Waals surface area contributed by atoms with Crippen molar-refractivity contribution in [1.82, 2.24) is 0 Å².